The molecule has 0 unspecified atom stereocenters. The second-order valence-electron chi connectivity index (χ2n) is 7.36. The van der Waals surface area contributed by atoms with Crippen LogP contribution in [0.3, 0.4) is 0 Å². The summed E-state index contributed by atoms with van der Waals surface area (Å²) in [4.78, 5) is 21.7. The Morgan fingerprint density at radius 3 is 2.59 bits per heavy atom. The normalized spacial score (nSPS) is 11.9. The Balaban J connectivity index is 1.69. The largest absolute Gasteiger partial charge is 0.442 e. The minimum atomic E-state index is -0.352. The van der Waals surface area contributed by atoms with Crippen molar-refractivity contribution in [2.75, 3.05) is 5.32 Å². The van der Waals surface area contributed by atoms with Gasteiger partial charge in [0.15, 0.2) is 17.0 Å². The van der Waals surface area contributed by atoms with Crippen molar-refractivity contribution in [3.8, 4) is 5.75 Å². The number of nitrogens with two attached hydrogens (primary N) is 2. The molecule has 2 aromatic carbocycles. The molecular formula is C24H24ClN7O2. The van der Waals surface area contributed by atoms with Gasteiger partial charge in [-0.2, -0.15) is 4.98 Å². The number of imidazole rings is 1. The fourth-order valence-electron chi connectivity index (χ4n) is 3.41. The molecule has 174 valence electrons. The molecular weight excluding hydrogens is 454 g/mol. The highest BCUT2D eigenvalue weighted by molar-refractivity contribution is 6.30. The molecule has 0 aliphatic carbocycles. The van der Waals surface area contributed by atoms with Gasteiger partial charge in [0.2, 0.25) is 5.95 Å². The van der Waals surface area contributed by atoms with Crippen LogP contribution in [0, 0.1) is 0 Å². The van der Waals surface area contributed by atoms with Crippen molar-refractivity contribution in [3.63, 3.8) is 0 Å². The molecule has 0 spiro atoms. The van der Waals surface area contributed by atoms with Crippen molar-refractivity contribution in [1.82, 2.24) is 19.1 Å². The Bertz CT molecular complexity index is 1400. The Kier molecular flexibility index (Phi) is 6.84. The number of allylic oxidation sites excluding steroid dienone is 2. The highest BCUT2D eigenvalue weighted by atomic mass is 35.5. The number of hydrogen-bond donors (Lipinski definition) is 3. The van der Waals surface area contributed by atoms with E-state index in [1.165, 1.54) is 6.20 Å². The van der Waals surface area contributed by atoms with Gasteiger partial charge < -0.3 is 26.1 Å². The zero-order valence-corrected chi connectivity index (χ0v) is 19.2. The Morgan fingerprint density at radius 2 is 1.91 bits per heavy atom. The smallest absolute Gasteiger partial charge is 0.300 e. The Morgan fingerprint density at radius 1 is 1.18 bits per heavy atom. The van der Waals surface area contributed by atoms with E-state index < -0.39 is 0 Å². The number of rotatable bonds is 8. The summed E-state index contributed by atoms with van der Waals surface area (Å²) < 4.78 is 9.20. The summed E-state index contributed by atoms with van der Waals surface area (Å²) in [5.74, 6) is 1.13. The first-order chi connectivity index (χ1) is 16.5. The van der Waals surface area contributed by atoms with E-state index >= 15 is 0 Å². The van der Waals surface area contributed by atoms with E-state index in [1.807, 2.05) is 35.8 Å². The van der Waals surface area contributed by atoms with Crippen LogP contribution in [0.25, 0.3) is 11.2 Å². The van der Waals surface area contributed by atoms with Crippen LogP contribution in [0.15, 0.2) is 83.9 Å². The molecule has 2 heterocycles. The van der Waals surface area contributed by atoms with Crippen LogP contribution >= 0.6 is 11.6 Å². The van der Waals surface area contributed by atoms with Crippen LogP contribution in [0.5, 0.6) is 5.75 Å². The maximum Gasteiger partial charge on any atom is 0.300 e. The first kappa shape index (κ1) is 22.9. The number of aryl methyl sites for hydroxylation is 1. The quantitative estimate of drug-likeness (QED) is 0.261. The summed E-state index contributed by atoms with van der Waals surface area (Å²) in [6.07, 6.45) is 6.14. The SMILES string of the molecule is CCn1cnc2c1c(=O)nc(Nc1ccc(O/C(N)=C/C=C\N)cc1)n2Cc1ccc(Cl)cc1. The van der Waals surface area contributed by atoms with Crippen LogP contribution in [0.2, 0.25) is 5.02 Å². The molecule has 0 fully saturated rings. The van der Waals surface area contributed by atoms with Crippen molar-refractivity contribution in [2.45, 2.75) is 20.0 Å². The second kappa shape index (κ2) is 10.1. The highest BCUT2D eigenvalue weighted by Gasteiger charge is 2.16. The molecule has 4 aromatic rings. The first-order valence-electron chi connectivity index (χ1n) is 10.6. The van der Waals surface area contributed by atoms with Gasteiger partial charge in [-0.25, -0.2) is 4.98 Å². The van der Waals surface area contributed by atoms with E-state index in [9.17, 15) is 4.79 Å². The molecule has 0 atom stereocenters. The lowest BCUT2D eigenvalue weighted by Gasteiger charge is -2.15. The zero-order valence-electron chi connectivity index (χ0n) is 18.5. The van der Waals surface area contributed by atoms with Gasteiger partial charge in [0, 0.05) is 17.3 Å². The van der Waals surface area contributed by atoms with Crippen LogP contribution in [-0.2, 0) is 13.1 Å². The Labute approximate surface area is 200 Å². The average molecular weight is 478 g/mol. The average Bonchev–Trinajstić information content (AvgIpc) is 3.27. The van der Waals surface area contributed by atoms with Gasteiger partial charge in [0.1, 0.15) is 5.75 Å². The zero-order chi connectivity index (χ0) is 24.1. The number of hydrogen-bond acceptors (Lipinski definition) is 7. The Hall–Kier alpha value is -4.24. The van der Waals surface area contributed by atoms with Crippen LogP contribution in [0.1, 0.15) is 12.5 Å². The number of nitrogens with zero attached hydrogens (tertiary/aromatic N) is 4. The second-order valence-corrected chi connectivity index (χ2v) is 7.80. The van der Waals surface area contributed by atoms with E-state index in [0.29, 0.717) is 46.7 Å². The molecule has 0 saturated carbocycles. The van der Waals surface area contributed by atoms with Gasteiger partial charge in [-0.15, -0.1) is 0 Å². The molecule has 0 saturated heterocycles. The fraction of sp³-hybridized carbons (Fsp3) is 0.125. The van der Waals surface area contributed by atoms with Crippen LogP contribution in [0.4, 0.5) is 11.6 Å². The lowest BCUT2D eigenvalue weighted by atomic mass is 10.2. The highest BCUT2D eigenvalue weighted by Crippen LogP contribution is 2.23. The number of benzene rings is 2. The lowest BCUT2D eigenvalue weighted by Crippen LogP contribution is -2.20. The number of halogens is 1. The summed E-state index contributed by atoms with van der Waals surface area (Å²) in [7, 11) is 0. The molecule has 0 amide bonds. The molecule has 0 radical (unpaired) electrons. The van der Waals surface area contributed by atoms with Crippen molar-refractivity contribution in [1.29, 1.82) is 0 Å². The van der Waals surface area contributed by atoms with E-state index in [2.05, 4.69) is 15.3 Å². The number of nitrogens with one attached hydrogen (secondary N) is 1. The summed E-state index contributed by atoms with van der Waals surface area (Å²) in [5, 5.41) is 3.88. The molecule has 0 bridgehead atoms. The monoisotopic (exact) mass is 477 g/mol. The molecule has 2 aromatic heterocycles. The third-order valence-electron chi connectivity index (χ3n) is 5.05. The van der Waals surface area contributed by atoms with Crippen molar-refractivity contribution in [2.24, 2.45) is 11.5 Å². The van der Waals surface area contributed by atoms with Crippen LogP contribution < -0.4 is 27.1 Å². The molecule has 34 heavy (non-hydrogen) atoms. The predicted octanol–water partition coefficient (Wildman–Crippen LogP) is 3.71. The van der Waals surface area contributed by atoms with Gasteiger partial charge >= 0.3 is 5.56 Å². The standard InChI is InChI=1S/C24H24ClN7O2/c1-2-31-15-28-22-21(31)23(33)30-24(32(22)14-16-5-7-17(25)8-6-16)29-18-9-11-19(12-10-18)34-20(27)4-3-13-26/h3-13,15H,2,14,26-27H2,1H3,(H,29,30,33)/b13-3-,20-4+. The summed E-state index contributed by atoms with van der Waals surface area (Å²) in [6, 6.07) is 14.6. The van der Waals surface area contributed by atoms with Gasteiger partial charge in [0.05, 0.1) is 12.9 Å². The first-order valence-corrected chi connectivity index (χ1v) is 11.0. The third-order valence-corrected chi connectivity index (χ3v) is 5.30. The maximum absolute atomic E-state index is 12.8. The molecule has 0 aliphatic heterocycles. The van der Waals surface area contributed by atoms with Crippen LogP contribution in [-0.4, -0.2) is 19.1 Å². The van der Waals surface area contributed by atoms with Crippen molar-refractivity contribution in [3.05, 3.63) is 100 Å². The minimum absolute atomic E-state index is 0.206. The molecule has 5 N–H and O–H groups in total. The molecule has 9 nitrogen and oxygen atoms in total. The van der Waals surface area contributed by atoms with Gasteiger partial charge in [-0.1, -0.05) is 23.7 Å². The van der Waals surface area contributed by atoms with Gasteiger partial charge in [0.25, 0.3) is 0 Å². The number of fused-ring (bicyclic) bond motifs is 1. The van der Waals surface area contributed by atoms with E-state index in [1.54, 1.807) is 47.3 Å². The summed E-state index contributed by atoms with van der Waals surface area (Å²) in [6.45, 7) is 3.01. The van der Waals surface area contributed by atoms with Gasteiger partial charge in [-0.05, 0) is 67.2 Å². The van der Waals surface area contributed by atoms with E-state index in [4.69, 9.17) is 27.8 Å². The van der Waals surface area contributed by atoms with E-state index in [0.717, 1.165) is 5.56 Å². The fourth-order valence-corrected chi connectivity index (χ4v) is 3.54. The van der Waals surface area contributed by atoms with Crippen molar-refractivity contribution < 1.29 is 4.74 Å². The maximum atomic E-state index is 12.8. The minimum Gasteiger partial charge on any atom is -0.442 e. The lowest BCUT2D eigenvalue weighted by molar-refractivity contribution is 0.420. The molecule has 4 rings (SSSR count). The van der Waals surface area contributed by atoms with Gasteiger partial charge in [-0.3, -0.25) is 9.36 Å². The molecule has 10 heteroatoms. The van der Waals surface area contributed by atoms with Crippen molar-refractivity contribution >= 4 is 34.4 Å². The predicted molar refractivity (Wildman–Crippen MR) is 134 cm³/mol. The number of ether oxygens (including phenoxy) is 1. The summed E-state index contributed by atoms with van der Waals surface area (Å²) in [5.41, 5.74) is 13.4. The van der Waals surface area contributed by atoms with E-state index in [-0.39, 0.29) is 11.4 Å². The summed E-state index contributed by atoms with van der Waals surface area (Å²) >= 11 is 6.04. The third kappa shape index (κ3) is 5.05. The number of anilines is 2. The topological polar surface area (TPSA) is 126 Å². The number of aromatic nitrogens is 4. The molecule has 0 aliphatic rings.